The number of carbonyl (C=O) groups is 2. The lowest BCUT2D eigenvalue weighted by atomic mass is 10.1. The molecule has 1 N–H and O–H groups in total. The molecule has 0 bridgehead atoms. The first-order valence-electron chi connectivity index (χ1n) is 9.81. The average molecular weight is 454 g/mol. The molecule has 0 unspecified atom stereocenters. The van der Waals surface area contributed by atoms with E-state index >= 15 is 0 Å². The van der Waals surface area contributed by atoms with Crippen molar-refractivity contribution in [3.63, 3.8) is 0 Å². The first kappa shape index (κ1) is 21.6. The molecule has 0 saturated heterocycles. The summed E-state index contributed by atoms with van der Waals surface area (Å²) >= 11 is 6.08. The Balaban J connectivity index is 1.59. The Hall–Kier alpha value is -3.65. The van der Waals surface area contributed by atoms with Gasteiger partial charge in [-0.05, 0) is 57.5 Å². The quantitative estimate of drug-likeness (QED) is 0.415. The topological polar surface area (TPSA) is 107 Å². The zero-order valence-corrected chi connectivity index (χ0v) is 18.7. The van der Waals surface area contributed by atoms with E-state index < -0.39 is 18.5 Å². The number of amides is 1. The van der Waals surface area contributed by atoms with Crippen molar-refractivity contribution in [3.8, 4) is 11.3 Å². The van der Waals surface area contributed by atoms with Gasteiger partial charge >= 0.3 is 5.97 Å². The third-order valence-corrected chi connectivity index (χ3v) is 5.44. The summed E-state index contributed by atoms with van der Waals surface area (Å²) in [5.74, 6) is 0.185. The van der Waals surface area contributed by atoms with Crippen molar-refractivity contribution >= 4 is 40.3 Å². The average Bonchev–Trinajstić information content (AvgIpc) is 3.30. The summed E-state index contributed by atoms with van der Waals surface area (Å²) in [5.41, 5.74) is 3.37. The van der Waals surface area contributed by atoms with Crippen molar-refractivity contribution in [2.75, 3.05) is 11.9 Å². The Kier molecular flexibility index (Phi) is 5.71. The van der Waals surface area contributed by atoms with Gasteiger partial charge in [-0.3, -0.25) is 4.79 Å². The number of pyridine rings is 1. The van der Waals surface area contributed by atoms with Gasteiger partial charge in [0.05, 0.1) is 22.3 Å². The van der Waals surface area contributed by atoms with Crippen molar-refractivity contribution in [3.05, 3.63) is 63.7 Å². The van der Waals surface area contributed by atoms with E-state index in [0.717, 1.165) is 11.1 Å². The van der Waals surface area contributed by atoms with Crippen LogP contribution >= 0.6 is 11.6 Å². The monoisotopic (exact) mass is 453 g/mol. The lowest BCUT2D eigenvalue weighted by molar-refractivity contribution is -0.119. The fraction of sp³-hybridized carbons (Fsp3) is 0.217. The van der Waals surface area contributed by atoms with E-state index in [0.29, 0.717) is 39.0 Å². The van der Waals surface area contributed by atoms with Crippen molar-refractivity contribution in [2.45, 2.75) is 27.7 Å². The molecule has 0 aliphatic rings. The normalized spacial score (nSPS) is 11.0. The summed E-state index contributed by atoms with van der Waals surface area (Å²) < 4.78 is 16.1. The minimum absolute atomic E-state index is 0.198. The zero-order valence-electron chi connectivity index (χ0n) is 17.9. The van der Waals surface area contributed by atoms with Gasteiger partial charge in [0.15, 0.2) is 6.61 Å². The number of nitrogens with one attached hydrogen (secondary N) is 1. The molecule has 0 saturated carbocycles. The molecule has 32 heavy (non-hydrogen) atoms. The first-order chi connectivity index (χ1) is 15.2. The van der Waals surface area contributed by atoms with E-state index in [1.165, 1.54) is 0 Å². The van der Waals surface area contributed by atoms with Crippen LogP contribution in [0.25, 0.3) is 22.4 Å². The van der Waals surface area contributed by atoms with Gasteiger partial charge in [-0.2, -0.15) is 0 Å². The van der Waals surface area contributed by atoms with Crippen LogP contribution in [0.4, 0.5) is 5.69 Å². The van der Waals surface area contributed by atoms with Crippen molar-refractivity contribution in [2.24, 2.45) is 0 Å². The number of ether oxygens (including phenoxy) is 1. The van der Waals surface area contributed by atoms with E-state index in [9.17, 15) is 9.59 Å². The van der Waals surface area contributed by atoms with Gasteiger partial charge in [-0.25, -0.2) is 9.78 Å². The molecule has 0 radical (unpaired) electrons. The number of aryl methyl sites for hydroxylation is 3. The van der Waals surface area contributed by atoms with Gasteiger partial charge < -0.3 is 19.0 Å². The summed E-state index contributed by atoms with van der Waals surface area (Å²) in [4.78, 5) is 29.7. The summed E-state index contributed by atoms with van der Waals surface area (Å²) in [7, 11) is 0. The van der Waals surface area contributed by atoms with Gasteiger partial charge in [-0.15, -0.1) is 0 Å². The van der Waals surface area contributed by atoms with Crippen molar-refractivity contribution in [1.29, 1.82) is 0 Å². The molecule has 164 valence electrons. The summed E-state index contributed by atoms with van der Waals surface area (Å²) in [6, 6.07) is 8.58. The molecule has 1 amide bonds. The number of aromatic nitrogens is 2. The van der Waals surface area contributed by atoms with Crippen LogP contribution in [0, 0.1) is 27.7 Å². The number of hydrogen-bond donors (Lipinski definition) is 1. The predicted octanol–water partition coefficient (Wildman–Crippen LogP) is 5.17. The number of rotatable bonds is 5. The maximum Gasteiger partial charge on any atom is 0.339 e. The molecular weight excluding hydrogens is 434 g/mol. The summed E-state index contributed by atoms with van der Waals surface area (Å²) in [6.45, 7) is 6.64. The van der Waals surface area contributed by atoms with Crippen LogP contribution < -0.4 is 5.32 Å². The van der Waals surface area contributed by atoms with Crippen molar-refractivity contribution in [1.82, 2.24) is 10.1 Å². The van der Waals surface area contributed by atoms with Crippen LogP contribution in [-0.4, -0.2) is 28.6 Å². The Morgan fingerprint density at radius 3 is 2.66 bits per heavy atom. The second-order valence-electron chi connectivity index (χ2n) is 7.37. The third-order valence-electron chi connectivity index (χ3n) is 5.03. The van der Waals surface area contributed by atoms with Crippen LogP contribution in [0.2, 0.25) is 5.02 Å². The molecule has 1 aromatic carbocycles. The Labute approximate surface area is 188 Å². The SMILES string of the molecule is Cc1cc(-c2cc(C(=O)OCC(=O)Nc3cccc(Cl)c3C)c3c(C)noc3n2)c(C)o1. The highest BCUT2D eigenvalue weighted by atomic mass is 35.5. The van der Waals surface area contributed by atoms with Gasteiger partial charge in [0, 0.05) is 16.3 Å². The number of benzene rings is 1. The Morgan fingerprint density at radius 2 is 1.94 bits per heavy atom. The number of halogens is 1. The van der Waals surface area contributed by atoms with E-state index in [2.05, 4.69) is 15.5 Å². The highest BCUT2D eigenvalue weighted by molar-refractivity contribution is 6.31. The van der Waals surface area contributed by atoms with Crippen LogP contribution in [0.5, 0.6) is 0 Å². The number of hydrogen-bond acceptors (Lipinski definition) is 7. The van der Waals surface area contributed by atoms with Crippen LogP contribution in [0.1, 0.15) is 33.1 Å². The molecule has 3 aromatic heterocycles. The number of nitrogens with zero attached hydrogens (tertiary/aromatic N) is 2. The second-order valence-corrected chi connectivity index (χ2v) is 7.77. The molecule has 0 fully saturated rings. The molecule has 4 aromatic rings. The molecule has 4 rings (SSSR count). The number of anilines is 1. The molecule has 0 aliphatic heterocycles. The van der Waals surface area contributed by atoms with Crippen LogP contribution in [0.15, 0.2) is 39.3 Å². The first-order valence-corrected chi connectivity index (χ1v) is 10.2. The summed E-state index contributed by atoms with van der Waals surface area (Å²) in [6.07, 6.45) is 0. The summed E-state index contributed by atoms with van der Waals surface area (Å²) in [5, 5.41) is 7.56. The van der Waals surface area contributed by atoms with Crippen LogP contribution in [0.3, 0.4) is 0 Å². The second kappa shape index (κ2) is 8.47. The highest BCUT2D eigenvalue weighted by Crippen LogP contribution is 2.31. The molecule has 3 heterocycles. The van der Waals surface area contributed by atoms with Gasteiger partial charge in [0.25, 0.3) is 11.6 Å². The maximum absolute atomic E-state index is 12.9. The molecule has 9 heteroatoms. The third kappa shape index (κ3) is 4.09. The predicted molar refractivity (Wildman–Crippen MR) is 119 cm³/mol. The van der Waals surface area contributed by atoms with E-state index in [-0.39, 0.29) is 11.3 Å². The van der Waals surface area contributed by atoms with E-state index in [1.54, 1.807) is 45.0 Å². The smallest absolute Gasteiger partial charge is 0.339 e. The maximum atomic E-state index is 12.9. The number of fused-ring (bicyclic) bond motifs is 1. The number of furan rings is 1. The largest absolute Gasteiger partial charge is 0.466 e. The zero-order chi connectivity index (χ0) is 23.0. The fourth-order valence-corrected chi connectivity index (χ4v) is 3.59. The highest BCUT2D eigenvalue weighted by Gasteiger charge is 2.22. The minimum atomic E-state index is -0.694. The van der Waals surface area contributed by atoms with Gasteiger partial charge in [0.1, 0.15) is 11.5 Å². The Bertz CT molecular complexity index is 1360. The lowest BCUT2D eigenvalue weighted by Gasteiger charge is -2.10. The van der Waals surface area contributed by atoms with E-state index in [1.807, 2.05) is 13.0 Å². The minimum Gasteiger partial charge on any atom is -0.466 e. The van der Waals surface area contributed by atoms with E-state index in [4.69, 9.17) is 25.3 Å². The molecule has 8 nitrogen and oxygen atoms in total. The van der Waals surface area contributed by atoms with Gasteiger partial charge in [0.2, 0.25) is 0 Å². The van der Waals surface area contributed by atoms with Crippen molar-refractivity contribution < 1.29 is 23.3 Å². The number of carbonyl (C=O) groups excluding carboxylic acids is 2. The number of esters is 1. The molecule has 0 atom stereocenters. The molecule has 0 aliphatic carbocycles. The fourth-order valence-electron chi connectivity index (χ4n) is 3.42. The van der Waals surface area contributed by atoms with Gasteiger partial charge in [-0.1, -0.05) is 22.8 Å². The standard InChI is InChI=1S/C23H20ClN3O5/c1-11-8-15(14(4)31-11)19-9-16(21-13(3)27-32-22(21)26-19)23(29)30-10-20(28)25-18-7-5-6-17(24)12(18)2/h5-9H,10H2,1-4H3,(H,25,28). The lowest BCUT2D eigenvalue weighted by Crippen LogP contribution is -2.21. The molecular formula is C23H20ClN3O5. The van der Waals surface area contributed by atoms with Crippen LogP contribution in [-0.2, 0) is 9.53 Å². The molecule has 0 spiro atoms. The Morgan fingerprint density at radius 1 is 1.16 bits per heavy atom.